The van der Waals surface area contributed by atoms with E-state index in [4.69, 9.17) is 11.6 Å². The summed E-state index contributed by atoms with van der Waals surface area (Å²) in [6.45, 7) is 6.04. The molecule has 0 aliphatic carbocycles. The summed E-state index contributed by atoms with van der Waals surface area (Å²) in [6, 6.07) is 24.2. The van der Waals surface area contributed by atoms with E-state index in [1.807, 2.05) is 63.2 Å². The van der Waals surface area contributed by atoms with Gasteiger partial charge in [0, 0.05) is 43.5 Å². The molecule has 0 fully saturated rings. The molecule has 0 saturated heterocycles. The zero-order valence-electron chi connectivity index (χ0n) is 23.5. The topological polar surface area (TPSA) is 86.8 Å². The molecule has 0 aromatic heterocycles. The number of amides is 2. The van der Waals surface area contributed by atoms with Crippen LogP contribution in [0.15, 0.2) is 89.8 Å². The van der Waals surface area contributed by atoms with Crippen LogP contribution < -0.4 is 5.32 Å². The highest BCUT2D eigenvalue weighted by atomic mass is 35.5. The summed E-state index contributed by atoms with van der Waals surface area (Å²) in [4.78, 5) is 29.2. The van der Waals surface area contributed by atoms with Crippen LogP contribution in [-0.2, 0) is 32.6 Å². The standard InChI is InChI=1S/C31H38ClN3O4S/c1-31(2,3)33-30(37)28(22-24-13-7-5-8-14-24)35(23-25-15-11-16-26(32)21-25)29(36)19-12-20-34(4)40(38,39)27-17-9-6-10-18-27/h5-11,13-18,21,28H,12,19-20,22-23H2,1-4H3,(H,33,37). The second-order valence-electron chi connectivity index (χ2n) is 10.8. The van der Waals surface area contributed by atoms with Crippen molar-refractivity contribution in [2.75, 3.05) is 13.6 Å². The van der Waals surface area contributed by atoms with Crippen molar-refractivity contribution in [3.05, 3.63) is 101 Å². The van der Waals surface area contributed by atoms with Crippen LogP contribution in [0.2, 0.25) is 5.02 Å². The van der Waals surface area contributed by atoms with Crippen LogP contribution in [0.25, 0.3) is 0 Å². The third-order valence-corrected chi connectivity index (χ3v) is 8.43. The second-order valence-corrected chi connectivity index (χ2v) is 13.3. The van der Waals surface area contributed by atoms with Crippen LogP contribution in [0.3, 0.4) is 0 Å². The van der Waals surface area contributed by atoms with Crippen molar-refractivity contribution >= 4 is 33.4 Å². The monoisotopic (exact) mass is 583 g/mol. The molecule has 1 N–H and O–H groups in total. The molecule has 40 heavy (non-hydrogen) atoms. The van der Waals surface area contributed by atoms with Gasteiger partial charge in [-0.3, -0.25) is 9.59 Å². The van der Waals surface area contributed by atoms with Gasteiger partial charge < -0.3 is 10.2 Å². The molecule has 3 aromatic carbocycles. The number of rotatable bonds is 12. The Labute approximate surface area is 243 Å². The summed E-state index contributed by atoms with van der Waals surface area (Å²) in [6.07, 6.45) is 0.701. The second kappa shape index (κ2) is 13.9. The van der Waals surface area contributed by atoms with E-state index in [1.165, 1.54) is 11.4 Å². The molecule has 0 bridgehead atoms. The molecule has 0 spiro atoms. The van der Waals surface area contributed by atoms with Gasteiger partial charge in [-0.2, -0.15) is 0 Å². The molecule has 0 saturated carbocycles. The summed E-state index contributed by atoms with van der Waals surface area (Å²) >= 11 is 6.23. The van der Waals surface area contributed by atoms with Crippen LogP contribution in [0, 0.1) is 0 Å². The van der Waals surface area contributed by atoms with Gasteiger partial charge in [0.15, 0.2) is 0 Å². The van der Waals surface area contributed by atoms with Crippen molar-refractivity contribution in [2.45, 2.75) is 63.1 Å². The number of carbonyl (C=O) groups is 2. The minimum Gasteiger partial charge on any atom is -0.350 e. The average Bonchev–Trinajstić information content (AvgIpc) is 2.90. The highest BCUT2D eigenvalue weighted by molar-refractivity contribution is 7.89. The Balaban J connectivity index is 1.85. The van der Waals surface area contributed by atoms with Gasteiger partial charge >= 0.3 is 0 Å². The lowest BCUT2D eigenvalue weighted by atomic mass is 10.00. The minimum absolute atomic E-state index is 0.0727. The Kier molecular flexibility index (Phi) is 10.9. The molecule has 1 unspecified atom stereocenters. The minimum atomic E-state index is -3.67. The van der Waals surface area contributed by atoms with E-state index < -0.39 is 21.6 Å². The maximum atomic E-state index is 13.8. The van der Waals surface area contributed by atoms with Crippen molar-refractivity contribution in [3.8, 4) is 0 Å². The van der Waals surface area contributed by atoms with Crippen LogP contribution in [0.5, 0.6) is 0 Å². The molecule has 7 nitrogen and oxygen atoms in total. The molecule has 1 atom stereocenters. The number of hydrogen-bond donors (Lipinski definition) is 1. The van der Waals surface area contributed by atoms with Gasteiger partial charge in [-0.25, -0.2) is 12.7 Å². The third kappa shape index (κ3) is 9.18. The van der Waals surface area contributed by atoms with Gasteiger partial charge in [-0.1, -0.05) is 72.3 Å². The molecule has 2 amide bonds. The van der Waals surface area contributed by atoms with E-state index in [0.29, 0.717) is 17.9 Å². The molecular weight excluding hydrogens is 546 g/mol. The molecule has 0 heterocycles. The molecule has 9 heteroatoms. The van der Waals surface area contributed by atoms with Crippen molar-refractivity contribution < 1.29 is 18.0 Å². The van der Waals surface area contributed by atoms with Gasteiger partial charge in [0.1, 0.15) is 6.04 Å². The van der Waals surface area contributed by atoms with Crippen LogP contribution in [0.4, 0.5) is 0 Å². The number of carbonyl (C=O) groups excluding carboxylic acids is 2. The van der Waals surface area contributed by atoms with E-state index in [-0.39, 0.29) is 36.2 Å². The van der Waals surface area contributed by atoms with Crippen LogP contribution in [-0.4, -0.2) is 54.6 Å². The third-order valence-electron chi connectivity index (χ3n) is 6.33. The van der Waals surface area contributed by atoms with Gasteiger partial charge in [0.25, 0.3) is 0 Å². The number of nitrogens with zero attached hydrogens (tertiary/aromatic N) is 2. The highest BCUT2D eigenvalue weighted by Gasteiger charge is 2.32. The molecule has 3 aromatic rings. The van der Waals surface area contributed by atoms with Gasteiger partial charge in [0.05, 0.1) is 4.90 Å². The predicted octanol–water partition coefficient (Wildman–Crippen LogP) is 5.30. The van der Waals surface area contributed by atoms with Gasteiger partial charge in [-0.15, -0.1) is 0 Å². The summed E-state index contributed by atoms with van der Waals surface area (Å²) in [5.74, 6) is -0.494. The zero-order chi connectivity index (χ0) is 29.3. The molecule has 214 valence electrons. The summed E-state index contributed by atoms with van der Waals surface area (Å²) < 4.78 is 27.1. The Hall–Kier alpha value is -3.20. The summed E-state index contributed by atoms with van der Waals surface area (Å²) in [5, 5.41) is 3.58. The van der Waals surface area contributed by atoms with Crippen molar-refractivity contribution in [2.24, 2.45) is 0 Å². The first-order valence-corrected chi connectivity index (χ1v) is 15.1. The fourth-order valence-corrected chi connectivity index (χ4v) is 5.77. The Morgan fingerprint density at radius 3 is 2.10 bits per heavy atom. The number of hydrogen-bond acceptors (Lipinski definition) is 4. The largest absolute Gasteiger partial charge is 0.350 e. The average molecular weight is 584 g/mol. The fourth-order valence-electron chi connectivity index (χ4n) is 4.33. The first-order chi connectivity index (χ1) is 18.9. The molecule has 0 aliphatic rings. The van der Waals surface area contributed by atoms with Crippen LogP contribution in [0.1, 0.15) is 44.7 Å². The number of halogens is 1. The van der Waals surface area contributed by atoms with Crippen LogP contribution >= 0.6 is 11.6 Å². The fraction of sp³-hybridized carbons (Fsp3) is 0.355. The zero-order valence-corrected chi connectivity index (χ0v) is 25.1. The van der Waals surface area contributed by atoms with E-state index in [1.54, 1.807) is 47.4 Å². The summed E-state index contributed by atoms with van der Waals surface area (Å²) in [5.41, 5.74) is 1.23. The predicted molar refractivity (Wildman–Crippen MR) is 159 cm³/mol. The van der Waals surface area contributed by atoms with E-state index in [0.717, 1.165) is 11.1 Å². The van der Waals surface area contributed by atoms with E-state index in [9.17, 15) is 18.0 Å². The molecule has 0 radical (unpaired) electrons. The Morgan fingerprint density at radius 2 is 1.50 bits per heavy atom. The SMILES string of the molecule is CN(CCCC(=O)N(Cc1cccc(Cl)c1)C(Cc1ccccc1)C(=O)NC(C)(C)C)S(=O)(=O)c1ccccc1. The summed E-state index contributed by atoms with van der Waals surface area (Å²) in [7, 11) is -2.17. The Bertz CT molecular complexity index is 1380. The van der Waals surface area contributed by atoms with E-state index in [2.05, 4.69) is 5.32 Å². The van der Waals surface area contributed by atoms with Crippen molar-refractivity contribution in [1.29, 1.82) is 0 Å². The highest BCUT2D eigenvalue weighted by Crippen LogP contribution is 2.20. The van der Waals surface area contributed by atoms with Crippen molar-refractivity contribution in [1.82, 2.24) is 14.5 Å². The number of benzene rings is 3. The van der Waals surface area contributed by atoms with Crippen molar-refractivity contribution in [3.63, 3.8) is 0 Å². The lowest BCUT2D eigenvalue weighted by Gasteiger charge is -2.34. The maximum absolute atomic E-state index is 13.8. The maximum Gasteiger partial charge on any atom is 0.243 e. The lowest BCUT2D eigenvalue weighted by Crippen LogP contribution is -2.54. The molecule has 0 aliphatic heterocycles. The molecular formula is C31H38ClN3O4S. The first-order valence-electron chi connectivity index (χ1n) is 13.3. The van der Waals surface area contributed by atoms with Gasteiger partial charge in [0.2, 0.25) is 21.8 Å². The number of nitrogens with one attached hydrogen (secondary N) is 1. The Morgan fingerprint density at radius 1 is 0.900 bits per heavy atom. The van der Waals surface area contributed by atoms with E-state index >= 15 is 0 Å². The van der Waals surface area contributed by atoms with Gasteiger partial charge in [-0.05, 0) is 62.6 Å². The molecule has 3 rings (SSSR count). The number of sulfonamides is 1. The first kappa shape index (κ1) is 31.3. The lowest BCUT2D eigenvalue weighted by molar-refractivity contribution is -0.142. The normalized spacial score (nSPS) is 12.7. The quantitative estimate of drug-likeness (QED) is 0.314. The smallest absolute Gasteiger partial charge is 0.243 e.